The highest BCUT2D eigenvalue weighted by atomic mass is 79.9. The lowest BCUT2D eigenvalue weighted by molar-refractivity contribution is 0.197. The highest BCUT2D eigenvalue weighted by molar-refractivity contribution is 9.10. The van der Waals surface area contributed by atoms with Crippen LogP contribution in [0, 0.1) is 0 Å². The molecule has 4 rings (SSSR count). The van der Waals surface area contributed by atoms with Crippen molar-refractivity contribution < 1.29 is 14.2 Å². The summed E-state index contributed by atoms with van der Waals surface area (Å²) in [6.45, 7) is 4.32. The van der Waals surface area contributed by atoms with Gasteiger partial charge in [0.05, 0.1) is 20.3 Å². The molecule has 1 aliphatic rings. The zero-order valence-electron chi connectivity index (χ0n) is 18.5. The van der Waals surface area contributed by atoms with Crippen molar-refractivity contribution in [2.45, 2.75) is 12.6 Å². The standard InChI is InChI=1S/C26H29BrN2O3/c1-30-23-16-21(17-24(31-2)26(23)32-18-19-7-4-3-5-8-19)25(29-13-11-28-12-14-29)20-9-6-10-22(27)15-20/h3-10,15-17,25,28H,11-14,18H2,1-2H3. The van der Waals surface area contributed by atoms with Gasteiger partial charge in [-0.2, -0.15) is 0 Å². The van der Waals surface area contributed by atoms with Crippen molar-refractivity contribution in [2.24, 2.45) is 0 Å². The van der Waals surface area contributed by atoms with Crippen LogP contribution in [-0.4, -0.2) is 45.3 Å². The first-order valence-corrected chi connectivity index (χ1v) is 11.6. The molecule has 0 bridgehead atoms. The molecule has 6 heteroatoms. The third-order valence-corrected chi connectivity index (χ3v) is 6.20. The number of benzene rings is 3. The zero-order chi connectivity index (χ0) is 22.3. The molecule has 1 unspecified atom stereocenters. The molecule has 1 fully saturated rings. The molecule has 5 nitrogen and oxygen atoms in total. The van der Waals surface area contributed by atoms with Gasteiger partial charge in [-0.1, -0.05) is 58.4 Å². The molecule has 1 N–H and O–H groups in total. The van der Waals surface area contributed by atoms with Crippen LogP contribution in [0.15, 0.2) is 71.2 Å². The number of nitrogens with zero attached hydrogens (tertiary/aromatic N) is 1. The van der Waals surface area contributed by atoms with E-state index in [0.29, 0.717) is 23.9 Å². The van der Waals surface area contributed by atoms with Gasteiger partial charge in [-0.25, -0.2) is 0 Å². The Bertz CT molecular complexity index is 998. The van der Waals surface area contributed by atoms with Gasteiger partial charge in [0.1, 0.15) is 6.61 Å². The Morgan fingerprint density at radius 2 is 1.56 bits per heavy atom. The van der Waals surface area contributed by atoms with Gasteiger partial charge < -0.3 is 19.5 Å². The molecule has 1 saturated heterocycles. The second-order valence-electron chi connectivity index (χ2n) is 7.77. The van der Waals surface area contributed by atoms with Crippen molar-refractivity contribution >= 4 is 15.9 Å². The number of rotatable bonds is 8. The van der Waals surface area contributed by atoms with E-state index in [1.165, 1.54) is 5.56 Å². The van der Waals surface area contributed by atoms with Crippen LogP contribution in [0.25, 0.3) is 0 Å². The summed E-state index contributed by atoms with van der Waals surface area (Å²) in [5.74, 6) is 1.96. The first kappa shape index (κ1) is 22.6. The quantitative estimate of drug-likeness (QED) is 0.473. The van der Waals surface area contributed by atoms with E-state index < -0.39 is 0 Å². The van der Waals surface area contributed by atoms with Crippen molar-refractivity contribution in [1.82, 2.24) is 10.2 Å². The molecule has 0 spiro atoms. The molecule has 0 saturated carbocycles. The Labute approximate surface area is 198 Å². The monoisotopic (exact) mass is 496 g/mol. The summed E-state index contributed by atoms with van der Waals surface area (Å²) in [6, 6.07) is 22.8. The molecular weight excluding hydrogens is 468 g/mol. The van der Waals surface area contributed by atoms with E-state index in [-0.39, 0.29) is 6.04 Å². The van der Waals surface area contributed by atoms with E-state index in [2.05, 4.69) is 62.5 Å². The van der Waals surface area contributed by atoms with E-state index in [1.54, 1.807) is 14.2 Å². The molecule has 1 aliphatic heterocycles. The smallest absolute Gasteiger partial charge is 0.203 e. The largest absolute Gasteiger partial charge is 0.493 e. The van der Waals surface area contributed by atoms with Crippen LogP contribution in [0.1, 0.15) is 22.7 Å². The summed E-state index contributed by atoms with van der Waals surface area (Å²) < 4.78 is 18.8. The molecule has 3 aromatic carbocycles. The van der Waals surface area contributed by atoms with E-state index in [0.717, 1.165) is 41.8 Å². The van der Waals surface area contributed by atoms with E-state index in [1.807, 2.05) is 30.3 Å². The molecule has 0 amide bonds. The first-order valence-electron chi connectivity index (χ1n) is 10.8. The van der Waals surface area contributed by atoms with Gasteiger partial charge in [-0.15, -0.1) is 0 Å². The van der Waals surface area contributed by atoms with Crippen LogP contribution in [0.4, 0.5) is 0 Å². The molecule has 3 aromatic rings. The van der Waals surface area contributed by atoms with Crippen LogP contribution >= 0.6 is 15.9 Å². The Kier molecular flexibility index (Phi) is 7.68. The van der Waals surface area contributed by atoms with E-state index >= 15 is 0 Å². The number of nitrogens with one attached hydrogen (secondary N) is 1. The summed E-state index contributed by atoms with van der Waals surface area (Å²) in [5.41, 5.74) is 3.43. The lowest BCUT2D eigenvalue weighted by Gasteiger charge is -2.36. The summed E-state index contributed by atoms with van der Waals surface area (Å²) >= 11 is 3.64. The summed E-state index contributed by atoms with van der Waals surface area (Å²) in [4.78, 5) is 2.50. The minimum Gasteiger partial charge on any atom is -0.493 e. The van der Waals surface area contributed by atoms with Crippen molar-refractivity contribution in [1.29, 1.82) is 0 Å². The highest BCUT2D eigenvalue weighted by Crippen LogP contribution is 2.43. The molecule has 0 aromatic heterocycles. The fourth-order valence-corrected chi connectivity index (χ4v) is 4.58. The minimum atomic E-state index is 0.0839. The highest BCUT2D eigenvalue weighted by Gasteiger charge is 2.27. The van der Waals surface area contributed by atoms with Crippen LogP contribution in [0.3, 0.4) is 0 Å². The van der Waals surface area contributed by atoms with Crippen molar-refractivity contribution in [2.75, 3.05) is 40.4 Å². The number of hydrogen-bond acceptors (Lipinski definition) is 5. The lowest BCUT2D eigenvalue weighted by atomic mass is 9.95. The van der Waals surface area contributed by atoms with Gasteiger partial charge in [-0.3, -0.25) is 4.90 Å². The third-order valence-electron chi connectivity index (χ3n) is 5.71. The predicted octanol–water partition coefficient (Wildman–Crippen LogP) is 5.04. The van der Waals surface area contributed by atoms with Gasteiger partial charge in [0.2, 0.25) is 5.75 Å². The van der Waals surface area contributed by atoms with Gasteiger partial charge in [-0.05, 0) is 41.0 Å². The lowest BCUT2D eigenvalue weighted by Crippen LogP contribution is -2.45. The molecule has 0 aliphatic carbocycles. The molecule has 168 valence electrons. The SMILES string of the molecule is COc1cc(C(c2cccc(Br)c2)N2CCNCC2)cc(OC)c1OCc1ccccc1. The second-order valence-corrected chi connectivity index (χ2v) is 8.69. The van der Waals surface area contributed by atoms with Gasteiger partial charge in [0.15, 0.2) is 11.5 Å². The molecule has 1 atom stereocenters. The van der Waals surface area contributed by atoms with Crippen LogP contribution < -0.4 is 19.5 Å². The van der Waals surface area contributed by atoms with Crippen LogP contribution in [-0.2, 0) is 6.61 Å². The van der Waals surface area contributed by atoms with Crippen LogP contribution in [0.2, 0.25) is 0 Å². The Balaban J connectivity index is 1.72. The van der Waals surface area contributed by atoms with Gasteiger partial charge in [0.25, 0.3) is 0 Å². The Morgan fingerprint density at radius 3 is 2.19 bits per heavy atom. The summed E-state index contributed by atoms with van der Waals surface area (Å²) in [7, 11) is 3.35. The number of ether oxygens (including phenoxy) is 3. The summed E-state index contributed by atoms with van der Waals surface area (Å²) in [5, 5.41) is 3.45. The van der Waals surface area contributed by atoms with E-state index in [9.17, 15) is 0 Å². The average molecular weight is 497 g/mol. The molecule has 0 radical (unpaired) electrons. The van der Waals surface area contributed by atoms with Gasteiger partial charge >= 0.3 is 0 Å². The average Bonchev–Trinajstić information content (AvgIpc) is 2.84. The fraction of sp³-hybridized carbons (Fsp3) is 0.308. The second kappa shape index (κ2) is 10.9. The molecule has 32 heavy (non-hydrogen) atoms. The van der Waals surface area contributed by atoms with Crippen molar-refractivity contribution in [3.05, 3.63) is 87.9 Å². The van der Waals surface area contributed by atoms with Crippen molar-refractivity contribution in [3.8, 4) is 17.2 Å². The third kappa shape index (κ3) is 5.26. The van der Waals surface area contributed by atoms with Crippen molar-refractivity contribution in [3.63, 3.8) is 0 Å². The Hall–Kier alpha value is -2.54. The molecule has 1 heterocycles. The normalized spacial score (nSPS) is 15.2. The van der Waals surface area contributed by atoms with Gasteiger partial charge in [0, 0.05) is 30.7 Å². The number of hydrogen-bond donors (Lipinski definition) is 1. The number of methoxy groups -OCH3 is 2. The molecular formula is C26H29BrN2O3. The maximum absolute atomic E-state index is 6.16. The van der Waals surface area contributed by atoms with E-state index in [4.69, 9.17) is 14.2 Å². The maximum atomic E-state index is 6.16. The topological polar surface area (TPSA) is 43.0 Å². The number of piperazine rings is 1. The first-order chi connectivity index (χ1) is 15.7. The summed E-state index contributed by atoms with van der Waals surface area (Å²) in [6.07, 6.45) is 0. The van der Waals surface area contributed by atoms with Crippen LogP contribution in [0.5, 0.6) is 17.2 Å². The maximum Gasteiger partial charge on any atom is 0.203 e. The fourth-order valence-electron chi connectivity index (χ4n) is 4.16. The Morgan fingerprint density at radius 1 is 0.875 bits per heavy atom. The predicted molar refractivity (Wildman–Crippen MR) is 131 cm³/mol. The minimum absolute atomic E-state index is 0.0839. The zero-order valence-corrected chi connectivity index (χ0v) is 20.1. The number of halogens is 1.